The summed E-state index contributed by atoms with van der Waals surface area (Å²) >= 11 is 0. The van der Waals surface area contributed by atoms with Gasteiger partial charge in [0.05, 0.1) is 30.8 Å². The van der Waals surface area contributed by atoms with Crippen molar-refractivity contribution >= 4 is 23.4 Å². The fourth-order valence-corrected chi connectivity index (χ4v) is 6.62. The van der Waals surface area contributed by atoms with Crippen molar-refractivity contribution in [1.29, 1.82) is 0 Å². The van der Waals surface area contributed by atoms with E-state index in [0.717, 1.165) is 71.6 Å². The van der Waals surface area contributed by atoms with Gasteiger partial charge in [-0.2, -0.15) is 0 Å². The molecule has 1 aromatic heterocycles. The van der Waals surface area contributed by atoms with Crippen molar-refractivity contribution in [3.8, 4) is 11.3 Å². The van der Waals surface area contributed by atoms with Crippen LogP contribution >= 0.6 is 0 Å². The number of quaternary nitrogens is 1. The summed E-state index contributed by atoms with van der Waals surface area (Å²) in [6.45, 7) is 5.20. The lowest BCUT2D eigenvalue weighted by atomic mass is 9.39. The summed E-state index contributed by atoms with van der Waals surface area (Å²) in [6.07, 6.45) is 0.771. The van der Waals surface area contributed by atoms with Crippen LogP contribution in [-0.2, 0) is 6.54 Å². The molecule has 3 aromatic carbocycles. The van der Waals surface area contributed by atoms with Crippen LogP contribution in [0.25, 0.3) is 22.2 Å². The van der Waals surface area contributed by atoms with E-state index < -0.39 is 0 Å². The molecule has 2 aliphatic heterocycles. The summed E-state index contributed by atoms with van der Waals surface area (Å²) < 4.78 is 15.0. The number of para-hydroxylation sites is 1. The van der Waals surface area contributed by atoms with Crippen LogP contribution in [0.1, 0.15) is 40.6 Å². The Hall–Kier alpha value is -3.35. The lowest BCUT2D eigenvalue weighted by Gasteiger charge is -2.45. The van der Waals surface area contributed by atoms with Gasteiger partial charge in [-0.3, -0.25) is 9.69 Å². The fraction of sp³-hybridized carbons (Fsp3) is 0.267. The average molecular weight is 478 g/mol. The number of pyridine rings is 1. The van der Waals surface area contributed by atoms with Crippen molar-refractivity contribution in [2.45, 2.75) is 25.7 Å². The molecule has 2 aliphatic rings. The van der Waals surface area contributed by atoms with Crippen molar-refractivity contribution in [2.24, 2.45) is 0 Å². The summed E-state index contributed by atoms with van der Waals surface area (Å²) in [6, 6.07) is 25.1. The Labute approximate surface area is 212 Å². The lowest BCUT2D eigenvalue weighted by Crippen LogP contribution is -2.66. The Morgan fingerprint density at radius 1 is 1.06 bits per heavy atom. The van der Waals surface area contributed by atoms with Crippen molar-refractivity contribution in [2.75, 3.05) is 26.8 Å². The number of carbonyl (C=O) groups excluding carboxylic acids is 1. The van der Waals surface area contributed by atoms with Crippen LogP contribution in [0.5, 0.6) is 0 Å². The summed E-state index contributed by atoms with van der Waals surface area (Å²) in [7, 11) is 2.13. The molecule has 2 unspecified atom stereocenters. The molecular weight excluding hydrogens is 448 g/mol. The quantitative estimate of drug-likeness (QED) is 0.352. The molecular formula is C30H30BFN3O+. The molecule has 1 fully saturated rings. The van der Waals surface area contributed by atoms with Crippen LogP contribution in [0, 0.1) is 5.82 Å². The number of aromatic nitrogens is 1. The van der Waals surface area contributed by atoms with Gasteiger partial charge in [0.15, 0.2) is 0 Å². The number of rotatable bonds is 4. The lowest BCUT2D eigenvalue weighted by molar-refractivity contribution is -0.833. The van der Waals surface area contributed by atoms with Crippen LogP contribution in [0.4, 0.5) is 4.39 Å². The van der Waals surface area contributed by atoms with Gasteiger partial charge < -0.3 is 4.39 Å². The van der Waals surface area contributed by atoms with Gasteiger partial charge in [-0.15, -0.1) is 0 Å². The Morgan fingerprint density at radius 3 is 2.56 bits per heavy atom. The van der Waals surface area contributed by atoms with Crippen LogP contribution in [0.15, 0.2) is 78.9 Å². The van der Waals surface area contributed by atoms with Gasteiger partial charge in [0.25, 0.3) is 0 Å². The zero-order valence-electron chi connectivity index (χ0n) is 20.8. The maximum atomic E-state index is 14.8. The minimum atomic E-state index is -0.274. The molecule has 0 aliphatic carbocycles. The zero-order chi connectivity index (χ0) is 24.9. The second kappa shape index (κ2) is 8.95. The van der Waals surface area contributed by atoms with Gasteiger partial charge in [0.1, 0.15) is 12.5 Å². The van der Waals surface area contributed by atoms with Crippen molar-refractivity contribution in [1.82, 2.24) is 9.88 Å². The Kier molecular flexibility index (Phi) is 5.74. The maximum Gasteiger partial charge on any atom is 0.494 e. The van der Waals surface area contributed by atoms with Gasteiger partial charge in [-0.05, 0) is 37.2 Å². The molecule has 1 saturated heterocycles. The summed E-state index contributed by atoms with van der Waals surface area (Å²) in [4.78, 5) is 22.2. The molecule has 6 rings (SSSR count). The fourth-order valence-electron chi connectivity index (χ4n) is 6.62. The van der Waals surface area contributed by atoms with Gasteiger partial charge in [-0.1, -0.05) is 67.6 Å². The predicted molar refractivity (Wildman–Crippen MR) is 143 cm³/mol. The van der Waals surface area contributed by atoms with E-state index in [9.17, 15) is 9.18 Å². The Morgan fingerprint density at radius 2 is 1.83 bits per heavy atom. The van der Waals surface area contributed by atoms with Crippen molar-refractivity contribution < 1.29 is 13.6 Å². The first kappa shape index (κ1) is 23.1. The molecule has 0 saturated carbocycles. The topological polar surface area (TPSA) is 33.2 Å². The molecule has 36 heavy (non-hydrogen) atoms. The minimum absolute atomic E-state index is 0.0695. The molecule has 6 heteroatoms. The molecule has 4 aromatic rings. The zero-order valence-corrected chi connectivity index (χ0v) is 20.8. The van der Waals surface area contributed by atoms with E-state index in [-0.39, 0.29) is 24.2 Å². The third kappa shape index (κ3) is 3.67. The predicted octanol–water partition coefficient (Wildman–Crippen LogP) is 5.72. The number of nitrogens with zero attached hydrogens (tertiary/aromatic N) is 3. The first-order chi connectivity index (χ1) is 17.5. The monoisotopic (exact) mass is 478 g/mol. The van der Waals surface area contributed by atoms with Gasteiger partial charge in [0.2, 0.25) is 5.68 Å². The number of fused-ring (bicyclic) bond motifs is 3. The van der Waals surface area contributed by atoms with E-state index in [1.807, 2.05) is 48.5 Å². The highest BCUT2D eigenvalue weighted by molar-refractivity contribution is 6.89. The highest BCUT2D eigenvalue weighted by Crippen LogP contribution is 2.43. The van der Waals surface area contributed by atoms with E-state index in [0.29, 0.717) is 4.39 Å². The molecule has 0 N–H and O–H groups in total. The van der Waals surface area contributed by atoms with E-state index in [4.69, 9.17) is 4.98 Å². The van der Waals surface area contributed by atoms with E-state index >= 15 is 0 Å². The van der Waals surface area contributed by atoms with Gasteiger partial charge in [-0.25, -0.2) is 9.37 Å². The smallest absolute Gasteiger partial charge is 0.369 e. The Bertz CT molecular complexity index is 1460. The van der Waals surface area contributed by atoms with Crippen LogP contribution < -0.4 is 0 Å². The molecule has 1 spiro atoms. The summed E-state index contributed by atoms with van der Waals surface area (Å²) in [5, 5.41) is 0.918. The maximum absolute atomic E-state index is 14.8. The normalized spacial score (nSPS) is 20.8. The van der Waals surface area contributed by atoms with Gasteiger partial charge >= 0.3 is 6.85 Å². The second-order valence-corrected chi connectivity index (χ2v) is 10.4. The standard InChI is InChI=1S/C30H30BFN3O/c1-3-26(22-12-9-13-23(32)18-22)31-30(36)28-24-14-7-8-15-27(24)33-29(21-10-5-4-6-11-21)25(28)19-35(31)17-16-34(2)20-35/h4-15,18,26H,3,16-17,19-20H2,1-2H3/q+1. The first-order valence-electron chi connectivity index (χ1n) is 12.8. The summed E-state index contributed by atoms with van der Waals surface area (Å²) in [5.41, 5.74) is 5.71. The molecule has 2 atom stereocenters. The SMILES string of the molecule is CCC(B1C(=O)c2c(c(-c3ccccc3)nc3ccccc23)C[N+]12CCN(C)C2)c1cccc(F)c1. The van der Waals surface area contributed by atoms with Gasteiger partial charge in [0, 0.05) is 27.9 Å². The highest BCUT2D eigenvalue weighted by atomic mass is 19.1. The molecule has 0 amide bonds. The second-order valence-electron chi connectivity index (χ2n) is 10.4. The third-order valence-corrected chi connectivity index (χ3v) is 8.17. The van der Waals surface area contributed by atoms with Crippen molar-refractivity contribution in [3.05, 3.63) is 101 Å². The number of benzene rings is 3. The molecule has 3 heterocycles. The molecule has 180 valence electrons. The van der Waals surface area contributed by atoms with Crippen LogP contribution in [0.3, 0.4) is 0 Å². The van der Waals surface area contributed by atoms with Crippen LogP contribution in [0.2, 0.25) is 0 Å². The number of hydrogen-bond acceptors (Lipinski definition) is 3. The number of likely N-dealkylation sites (N-methyl/N-ethyl adjacent to an activating group) is 1. The molecule has 0 radical (unpaired) electrons. The molecule has 0 bridgehead atoms. The van der Waals surface area contributed by atoms with Crippen LogP contribution in [-0.4, -0.2) is 53.6 Å². The Balaban J connectivity index is 1.62. The first-order valence-corrected chi connectivity index (χ1v) is 12.8. The number of hydrogen-bond donors (Lipinski definition) is 0. The number of halogens is 1. The molecule has 4 nitrogen and oxygen atoms in total. The summed E-state index contributed by atoms with van der Waals surface area (Å²) in [5.74, 6) is -0.319. The number of carbonyl (C=O) groups is 1. The minimum Gasteiger partial charge on any atom is -0.369 e. The van der Waals surface area contributed by atoms with Crippen molar-refractivity contribution in [3.63, 3.8) is 0 Å². The van der Waals surface area contributed by atoms with E-state index in [1.165, 1.54) is 6.07 Å². The highest BCUT2D eigenvalue weighted by Gasteiger charge is 2.59. The average Bonchev–Trinajstić information content (AvgIpc) is 3.26. The van der Waals surface area contributed by atoms with E-state index in [2.05, 4.69) is 31.0 Å². The van der Waals surface area contributed by atoms with E-state index in [1.54, 1.807) is 12.1 Å². The largest absolute Gasteiger partial charge is 0.494 e. The third-order valence-electron chi connectivity index (χ3n) is 8.17.